The topological polar surface area (TPSA) is 72.7 Å². The number of carbonyl (C=O) groups is 1. The molecular formula is C10H9ClFN5O. The van der Waals surface area contributed by atoms with E-state index in [1.807, 2.05) is 0 Å². The summed E-state index contributed by atoms with van der Waals surface area (Å²) in [6, 6.07) is 3.45. The van der Waals surface area contributed by atoms with E-state index in [0.717, 1.165) is 0 Å². The van der Waals surface area contributed by atoms with Gasteiger partial charge in [-0.2, -0.15) is 5.10 Å². The van der Waals surface area contributed by atoms with Crippen LogP contribution in [0.1, 0.15) is 5.56 Å². The molecule has 2 heterocycles. The van der Waals surface area contributed by atoms with E-state index in [1.165, 1.54) is 17.3 Å². The van der Waals surface area contributed by atoms with Gasteiger partial charge in [-0.3, -0.25) is 4.79 Å². The molecule has 0 aliphatic rings. The standard InChI is InChI=1S/C10H9ClFN5O/c11-8(12)10(18)15-4-7-2-1-3-14-9(7)17-6-13-5-16-17/h1-3,5-6,8H,4H2,(H,15,18). The zero-order valence-corrected chi connectivity index (χ0v) is 9.88. The summed E-state index contributed by atoms with van der Waals surface area (Å²) in [7, 11) is 0. The van der Waals surface area contributed by atoms with Crippen LogP contribution in [0.25, 0.3) is 5.82 Å². The van der Waals surface area contributed by atoms with Gasteiger partial charge in [0.25, 0.3) is 11.5 Å². The van der Waals surface area contributed by atoms with Crippen LogP contribution < -0.4 is 5.32 Å². The smallest absolute Gasteiger partial charge is 0.270 e. The van der Waals surface area contributed by atoms with Crippen LogP contribution in [-0.4, -0.2) is 31.3 Å². The van der Waals surface area contributed by atoms with E-state index in [9.17, 15) is 9.18 Å². The fourth-order valence-electron chi connectivity index (χ4n) is 1.35. The van der Waals surface area contributed by atoms with Crippen molar-refractivity contribution >= 4 is 17.5 Å². The monoisotopic (exact) mass is 269 g/mol. The van der Waals surface area contributed by atoms with E-state index in [1.54, 1.807) is 18.3 Å². The lowest BCUT2D eigenvalue weighted by molar-refractivity contribution is -0.123. The first kappa shape index (κ1) is 12.4. The number of halogens is 2. The first-order valence-electron chi connectivity index (χ1n) is 5.03. The molecule has 18 heavy (non-hydrogen) atoms. The van der Waals surface area contributed by atoms with Gasteiger partial charge in [-0.05, 0) is 6.07 Å². The van der Waals surface area contributed by atoms with E-state index in [4.69, 9.17) is 11.6 Å². The number of rotatable bonds is 4. The average molecular weight is 270 g/mol. The van der Waals surface area contributed by atoms with Crippen molar-refractivity contribution in [2.75, 3.05) is 0 Å². The molecule has 8 heteroatoms. The SMILES string of the molecule is O=C(NCc1cccnc1-n1cncn1)C(F)Cl. The van der Waals surface area contributed by atoms with E-state index in [-0.39, 0.29) is 6.54 Å². The second-order valence-electron chi connectivity index (χ2n) is 3.34. The molecule has 0 bridgehead atoms. The lowest BCUT2D eigenvalue weighted by Crippen LogP contribution is -2.29. The molecule has 0 aliphatic carbocycles. The molecule has 0 spiro atoms. The Morgan fingerprint density at radius 1 is 1.61 bits per heavy atom. The van der Waals surface area contributed by atoms with Crippen LogP contribution in [-0.2, 0) is 11.3 Å². The molecule has 1 unspecified atom stereocenters. The summed E-state index contributed by atoms with van der Waals surface area (Å²) in [5.74, 6) is -0.370. The van der Waals surface area contributed by atoms with Crippen molar-refractivity contribution in [2.24, 2.45) is 0 Å². The summed E-state index contributed by atoms with van der Waals surface area (Å²) in [5.41, 5.74) is -1.38. The molecular weight excluding hydrogens is 261 g/mol. The molecule has 94 valence electrons. The van der Waals surface area contributed by atoms with Crippen molar-refractivity contribution in [2.45, 2.75) is 12.2 Å². The van der Waals surface area contributed by atoms with Crippen molar-refractivity contribution in [1.29, 1.82) is 0 Å². The number of nitrogens with one attached hydrogen (secondary N) is 1. The number of nitrogens with zero attached hydrogens (tertiary/aromatic N) is 4. The van der Waals surface area contributed by atoms with Gasteiger partial charge < -0.3 is 5.32 Å². The molecule has 0 saturated heterocycles. The van der Waals surface area contributed by atoms with Gasteiger partial charge in [-0.25, -0.2) is 19.0 Å². The summed E-state index contributed by atoms with van der Waals surface area (Å²) >= 11 is 5.01. The number of carbonyl (C=O) groups excluding carboxylic acids is 1. The zero-order chi connectivity index (χ0) is 13.0. The van der Waals surface area contributed by atoms with Crippen molar-refractivity contribution in [3.63, 3.8) is 0 Å². The second kappa shape index (κ2) is 5.54. The fourth-order valence-corrected chi connectivity index (χ4v) is 1.43. The van der Waals surface area contributed by atoms with Crippen LogP contribution in [0.2, 0.25) is 0 Å². The summed E-state index contributed by atoms with van der Waals surface area (Å²) in [6.45, 7) is 0.106. The number of hydrogen-bond donors (Lipinski definition) is 1. The summed E-state index contributed by atoms with van der Waals surface area (Å²) in [6.07, 6.45) is 4.43. The summed E-state index contributed by atoms with van der Waals surface area (Å²) < 4.78 is 13.9. The first-order chi connectivity index (χ1) is 8.68. The summed E-state index contributed by atoms with van der Waals surface area (Å²) in [5, 5.41) is 6.29. The lowest BCUT2D eigenvalue weighted by Gasteiger charge is -2.09. The zero-order valence-electron chi connectivity index (χ0n) is 9.12. The van der Waals surface area contributed by atoms with Crippen LogP contribution in [0.15, 0.2) is 31.0 Å². The van der Waals surface area contributed by atoms with Gasteiger partial charge in [0.15, 0.2) is 5.82 Å². The maximum absolute atomic E-state index is 12.5. The van der Waals surface area contributed by atoms with Crippen molar-refractivity contribution in [3.05, 3.63) is 36.5 Å². The quantitative estimate of drug-likeness (QED) is 0.834. The lowest BCUT2D eigenvalue weighted by atomic mass is 10.2. The minimum absolute atomic E-state index is 0.106. The molecule has 2 aromatic heterocycles. The van der Waals surface area contributed by atoms with Gasteiger partial charge in [0.05, 0.1) is 0 Å². The maximum atomic E-state index is 12.5. The van der Waals surface area contributed by atoms with Crippen molar-refractivity contribution in [1.82, 2.24) is 25.1 Å². The second-order valence-corrected chi connectivity index (χ2v) is 3.73. The molecule has 1 atom stereocenters. The van der Waals surface area contributed by atoms with Gasteiger partial charge in [-0.15, -0.1) is 0 Å². The van der Waals surface area contributed by atoms with Crippen LogP contribution in [0, 0.1) is 0 Å². The highest BCUT2D eigenvalue weighted by Gasteiger charge is 2.14. The van der Waals surface area contributed by atoms with Crippen LogP contribution >= 0.6 is 11.6 Å². The molecule has 0 aliphatic heterocycles. The molecule has 0 saturated carbocycles. The van der Waals surface area contributed by atoms with E-state index in [0.29, 0.717) is 11.4 Å². The number of alkyl halides is 2. The third-order valence-corrected chi connectivity index (χ3v) is 2.35. The molecule has 1 N–H and O–H groups in total. The Labute approximate surface area is 107 Å². The Bertz CT molecular complexity index is 531. The van der Waals surface area contributed by atoms with E-state index >= 15 is 0 Å². The average Bonchev–Trinajstić information content (AvgIpc) is 2.89. The first-order valence-corrected chi connectivity index (χ1v) is 5.47. The fraction of sp³-hybridized carbons (Fsp3) is 0.200. The minimum Gasteiger partial charge on any atom is -0.348 e. The third-order valence-electron chi connectivity index (χ3n) is 2.15. The van der Waals surface area contributed by atoms with Gasteiger partial charge in [0.2, 0.25) is 0 Å². The van der Waals surface area contributed by atoms with Gasteiger partial charge in [0.1, 0.15) is 12.7 Å². The Hall–Kier alpha value is -2.02. The Morgan fingerprint density at radius 2 is 2.44 bits per heavy atom. The van der Waals surface area contributed by atoms with Crippen LogP contribution in [0.3, 0.4) is 0 Å². The number of pyridine rings is 1. The maximum Gasteiger partial charge on any atom is 0.270 e. The highest BCUT2D eigenvalue weighted by molar-refractivity contribution is 6.29. The van der Waals surface area contributed by atoms with Crippen molar-refractivity contribution < 1.29 is 9.18 Å². The Morgan fingerprint density at radius 3 is 3.11 bits per heavy atom. The number of amides is 1. The highest BCUT2D eigenvalue weighted by atomic mass is 35.5. The normalized spacial score (nSPS) is 12.1. The largest absolute Gasteiger partial charge is 0.348 e. The van der Waals surface area contributed by atoms with Gasteiger partial charge >= 0.3 is 0 Å². The van der Waals surface area contributed by atoms with E-state index in [2.05, 4.69) is 20.4 Å². The number of hydrogen-bond acceptors (Lipinski definition) is 4. The Kier molecular flexibility index (Phi) is 3.83. The highest BCUT2D eigenvalue weighted by Crippen LogP contribution is 2.09. The van der Waals surface area contributed by atoms with Crippen LogP contribution in [0.4, 0.5) is 4.39 Å². The molecule has 0 radical (unpaired) electrons. The molecule has 0 aromatic carbocycles. The molecule has 0 fully saturated rings. The molecule has 6 nitrogen and oxygen atoms in total. The van der Waals surface area contributed by atoms with Crippen LogP contribution in [0.5, 0.6) is 0 Å². The molecule has 1 amide bonds. The molecule has 2 rings (SSSR count). The Balaban J connectivity index is 2.16. The van der Waals surface area contributed by atoms with Crippen molar-refractivity contribution in [3.8, 4) is 5.82 Å². The van der Waals surface area contributed by atoms with Gasteiger partial charge in [-0.1, -0.05) is 17.7 Å². The minimum atomic E-state index is -2.06. The summed E-state index contributed by atoms with van der Waals surface area (Å²) in [4.78, 5) is 19.0. The third kappa shape index (κ3) is 2.80. The predicted molar refractivity (Wildman–Crippen MR) is 61.7 cm³/mol. The predicted octanol–water partition coefficient (Wildman–Crippen LogP) is 0.813. The van der Waals surface area contributed by atoms with E-state index < -0.39 is 11.5 Å². The van der Waals surface area contributed by atoms with Gasteiger partial charge in [0, 0.05) is 18.3 Å². The molecule has 2 aromatic rings. The number of aromatic nitrogens is 4.